The van der Waals surface area contributed by atoms with Gasteiger partial charge in [-0.15, -0.1) is 0 Å². The number of carboxylic acid groups (broad SMARTS) is 1. The zero-order chi connectivity index (χ0) is 23.0. The third kappa shape index (κ3) is 3.82. The molecule has 1 aliphatic rings. The maximum Gasteiger partial charge on any atom is 0.303 e. The summed E-state index contributed by atoms with van der Waals surface area (Å²) >= 11 is 6.41. The largest absolute Gasteiger partial charge is 0.493 e. The minimum absolute atomic E-state index is 0.0469. The Morgan fingerprint density at radius 2 is 1.97 bits per heavy atom. The van der Waals surface area contributed by atoms with E-state index < -0.39 is 18.2 Å². The van der Waals surface area contributed by atoms with Crippen molar-refractivity contribution < 1.29 is 24.1 Å². The van der Waals surface area contributed by atoms with Crippen LogP contribution in [-0.4, -0.2) is 34.8 Å². The number of hydrogen-bond acceptors (Lipinski definition) is 5. The van der Waals surface area contributed by atoms with Crippen molar-refractivity contribution in [3.05, 3.63) is 69.8 Å². The van der Waals surface area contributed by atoms with Crippen LogP contribution in [0.3, 0.4) is 0 Å². The van der Waals surface area contributed by atoms with Gasteiger partial charge in [0, 0.05) is 28.3 Å². The third-order valence-corrected chi connectivity index (χ3v) is 6.04. The van der Waals surface area contributed by atoms with E-state index in [2.05, 4.69) is 0 Å². The summed E-state index contributed by atoms with van der Waals surface area (Å²) < 4.78 is 19.9. The zero-order valence-corrected chi connectivity index (χ0v) is 19.1. The van der Waals surface area contributed by atoms with E-state index in [4.69, 9.17) is 30.8 Å². The second kappa shape index (κ2) is 8.84. The van der Waals surface area contributed by atoms with Gasteiger partial charge in [0.1, 0.15) is 18.0 Å². The average molecular weight is 457 g/mol. The van der Waals surface area contributed by atoms with Crippen LogP contribution in [0.25, 0.3) is 5.69 Å². The normalized spacial score (nSPS) is 17.3. The van der Waals surface area contributed by atoms with Crippen molar-refractivity contribution in [3.63, 3.8) is 0 Å². The number of hydrogen-bond donors (Lipinski definition) is 1. The van der Waals surface area contributed by atoms with E-state index in [0.717, 1.165) is 28.2 Å². The van der Waals surface area contributed by atoms with Gasteiger partial charge in [-0.1, -0.05) is 23.7 Å². The van der Waals surface area contributed by atoms with Gasteiger partial charge >= 0.3 is 5.97 Å². The standard InChI is InChI=1S/C24H25ClN2O5/c1-13-14(2)27-18-9-8-15(25)12-17(18)22(16-6-5-7-19(30-3)23(16)31-4)32-20(24(27)26-13)10-11-21(28)29/h5-9,12,20,22H,10-11H2,1-4H3,(H,28,29). The molecule has 0 amide bonds. The molecule has 0 saturated heterocycles. The maximum atomic E-state index is 11.4. The summed E-state index contributed by atoms with van der Waals surface area (Å²) in [6, 6.07) is 11.2. The number of halogens is 1. The zero-order valence-electron chi connectivity index (χ0n) is 18.4. The van der Waals surface area contributed by atoms with Crippen molar-refractivity contribution in [1.82, 2.24) is 9.55 Å². The fourth-order valence-corrected chi connectivity index (χ4v) is 4.39. The fourth-order valence-electron chi connectivity index (χ4n) is 4.20. The number of fused-ring (bicyclic) bond motifs is 3. The first kappa shape index (κ1) is 22.2. The van der Waals surface area contributed by atoms with E-state index in [1.807, 2.05) is 54.8 Å². The Kier molecular flexibility index (Phi) is 6.13. The van der Waals surface area contributed by atoms with Gasteiger partial charge in [-0.25, -0.2) is 4.98 Å². The number of aryl methyl sites for hydroxylation is 1. The Bertz CT molecular complexity index is 1170. The lowest BCUT2D eigenvalue weighted by atomic mass is 9.98. The monoisotopic (exact) mass is 456 g/mol. The number of nitrogens with zero attached hydrogens (tertiary/aromatic N) is 2. The van der Waals surface area contributed by atoms with Crippen LogP contribution in [0.5, 0.6) is 11.5 Å². The lowest BCUT2D eigenvalue weighted by molar-refractivity contribution is -0.138. The summed E-state index contributed by atoms with van der Waals surface area (Å²) in [4.78, 5) is 16.1. The Labute approximate surface area is 191 Å². The summed E-state index contributed by atoms with van der Waals surface area (Å²) in [5.74, 6) is 0.915. The van der Waals surface area contributed by atoms with Crippen molar-refractivity contribution in [2.24, 2.45) is 0 Å². The quantitative estimate of drug-likeness (QED) is 0.550. The Morgan fingerprint density at radius 1 is 1.19 bits per heavy atom. The van der Waals surface area contributed by atoms with Crippen LogP contribution in [0.4, 0.5) is 0 Å². The fraction of sp³-hybridized carbons (Fsp3) is 0.333. The number of imidazole rings is 1. The molecule has 1 aromatic heterocycles. The number of aromatic nitrogens is 2. The molecule has 2 unspecified atom stereocenters. The van der Waals surface area contributed by atoms with Crippen LogP contribution >= 0.6 is 11.6 Å². The summed E-state index contributed by atoms with van der Waals surface area (Å²) in [6.07, 6.45) is -0.899. The molecular formula is C24H25ClN2O5. The highest BCUT2D eigenvalue weighted by Gasteiger charge is 2.35. The topological polar surface area (TPSA) is 82.8 Å². The van der Waals surface area contributed by atoms with Gasteiger partial charge in [-0.2, -0.15) is 0 Å². The average Bonchev–Trinajstić information content (AvgIpc) is 2.99. The molecule has 1 aliphatic heterocycles. The molecule has 2 heterocycles. The summed E-state index contributed by atoms with van der Waals surface area (Å²) in [6.45, 7) is 3.92. The van der Waals surface area contributed by atoms with Crippen LogP contribution in [0, 0.1) is 13.8 Å². The van der Waals surface area contributed by atoms with Crippen LogP contribution in [0.2, 0.25) is 5.02 Å². The molecule has 0 aliphatic carbocycles. The SMILES string of the molecule is COc1cccc(C2OC(CCC(=O)O)c3nc(C)c(C)n3-c3ccc(Cl)cc32)c1OC. The van der Waals surface area contributed by atoms with Crippen LogP contribution in [0.1, 0.15) is 53.4 Å². The summed E-state index contributed by atoms with van der Waals surface area (Å²) in [5.41, 5.74) is 4.31. The number of methoxy groups -OCH3 is 2. The van der Waals surface area contributed by atoms with Crippen LogP contribution in [-0.2, 0) is 9.53 Å². The number of ether oxygens (including phenoxy) is 3. The molecule has 1 N–H and O–H groups in total. The van der Waals surface area contributed by atoms with Crippen LogP contribution < -0.4 is 9.47 Å². The first-order valence-electron chi connectivity index (χ1n) is 10.3. The predicted molar refractivity (Wildman–Crippen MR) is 120 cm³/mol. The van der Waals surface area contributed by atoms with Crippen molar-refractivity contribution in [1.29, 1.82) is 0 Å². The van der Waals surface area contributed by atoms with Gasteiger partial charge in [0.15, 0.2) is 11.5 Å². The minimum Gasteiger partial charge on any atom is -0.493 e. The van der Waals surface area contributed by atoms with E-state index in [1.165, 1.54) is 0 Å². The second-order valence-corrected chi connectivity index (χ2v) is 8.14. The highest BCUT2D eigenvalue weighted by atomic mass is 35.5. The minimum atomic E-state index is -0.888. The summed E-state index contributed by atoms with van der Waals surface area (Å²) in [5, 5.41) is 9.90. The van der Waals surface area contributed by atoms with Gasteiger partial charge in [0.25, 0.3) is 0 Å². The van der Waals surface area contributed by atoms with Crippen LogP contribution in [0.15, 0.2) is 36.4 Å². The van der Waals surface area contributed by atoms with Crippen molar-refractivity contribution >= 4 is 17.6 Å². The number of benzene rings is 2. The van der Waals surface area contributed by atoms with E-state index in [-0.39, 0.29) is 12.8 Å². The molecule has 2 atom stereocenters. The predicted octanol–water partition coefficient (Wildman–Crippen LogP) is 5.19. The first-order chi connectivity index (χ1) is 15.3. The number of para-hydroxylation sites is 1. The molecule has 3 aromatic rings. The highest BCUT2D eigenvalue weighted by molar-refractivity contribution is 6.30. The first-order valence-corrected chi connectivity index (χ1v) is 10.7. The van der Waals surface area contributed by atoms with E-state index in [0.29, 0.717) is 22.3 Å². The lowest BCUT2D eigenvalue weighted by Gasteiger charge is -2.25. The molecule has 4 rings (SSSR count). The number of rotatable bonds is 6. The lowest BCUT2D eigenvalue weighted by Crippen LogP contribution is -2.14. The van der Waals surface area contributed by atoms with Gasteiger partial charge < -0.3 is 19.3 Å². The van der Waals surface area contributed by atoms with Gasteiger partial charge in [-0.05, 0) is 44.5 Å². The summed E-state index contributed by atoms with van der Waals surface area (Å²) in [7, 11) is 3.16. The van der Waals surface area contributed by atoms with Crippen molar-refractivity contribution in [2.75, 3.05) is 14.2 Å². The molecule has 32 heavy (non-hydrogen) atoms. The maximum absolute atomic E-state index is 11.4. The number of carboxylic acids is 1. The molecule has 168 valence electrons. The number of aliphatic carboxylic acids is 1. The Hall–Kier alpha value is -3.03. The number of carbonyl (C=O) groups is 1. The van der Waals surface area contributed by atoms with E-state index in [1.54, 1.807) is 14.2 Å². The van der Waals surface area contributed by atoms with Gasteiger partial charge in [-0.3, -0.25) is 9.36 Å². The molecule has 0 radical (unpaired) electrons. The molecule has 7 nitrogen and oxygen atoms in total. The highest BCUT2D eigenvalue weighted by Crippen LogP contribution is 2.46. The molecule has 0 spiro atoms. The molecule has 0 saturated carbocycles. The van der Waals surface area contributed by atoms with Crippen molar-refractivity contribution in [3.8, 4) is 17.2 Å². The molecule has 0 fully saturated rings. The van der Waals surface area contributed by atoms with Gasteiger partial charge in [0.05, 0.1) is 25.6 Å². The molecule has 0 bridgehead atoms. The van der Waals surface area contributed by atoms with E-state index in [9.17, 15) is 9.90 Å². The molecule has 2 aromatic carbocycles. The van der Waals surface area contributed by atoms with Crippen molar-refractivity contribution in [2.45, 2.75) is 38.9 Å². The molecule has 8 heteroatoms. The third-order valence-electron chi connectivity index (χ3n) is 5.81. The van der Waals surface area contributed by atoms with Gasteiger partial charge in [0.2, 0.25) is 0 Å². The Balaban J connectivity index is 1.97. The van der Waals surface area contributed by atoms with E-state index >= 15 is 0 Å². The molecular weight excluding hydrogens is 432 g/mol. The Morgan fingerprint density at radius 3 is 2.66 bits per heavy atom. The second-order valence-electron chi connectivity index (χ2n) is 7.70. The smallest absolute Gasteiger partial charge is 0.303 e.